The highest BCUT2D eigenvalue weighted by Crippen LogP contribution is 2.21. The number of hydrogen-bond donors (Lipinski definition) is 2. The molecule has 0 aliphatic carbocycles. The third kappa shape index (κ3) is 3.32. The van der Waals surface area contributed by atoms with E-state index in [2.05, 4.69) is 10.5 Å². The number of benzene rings is 1. The number of aromatic carboxylic acids is 1. The lowest BCUT2D eigenvalue weighted by molar-refractivity contribution is -0.118. The molecule has 0 saturated carbocycles. The first kappa shape index (κ1) is 13.5. The van der Waals surface area contributed by atoms with Crippen molar-refractivity contribution >= 4 is 18.1 Å². The predicted molar refractivity (Wildman–Crippen MR) is 72.5 cm³/mol. The third-order valence-corrected chi connectivity index (χ3v) is 2.46. The number of carboxylic acid groups (broad SMARTS) is 1. The number of hydrogen-bond acceptors (Lipinski definition) is 4. The van der Waals surface area contributed by atoms with Crippen molar-refractivity contribution in [2.75, 3.05) is 0 Å². The molecule has 0 radical (unpaired) electrons. The molecule has 102 valence electrons. The normalized spacial score (nSPS) is 10.7. The largest absolute Gasteiger partial charge is 0.478 e. The summed E-state index contributed by atoms with van der Waals surface area (Å²) in [5, 5.41) is 12.5. The second kappa shape index (κ2) is 5.83. The fraction of sp³-hybridized carbons (Fsp3) is 0.0714. The van der Waals surface area contributed by atoms with Crippen molar-refractivity contribution in [3.8, 4) is 11.3 Å². The zero-order valence-corrected chi connectivity index (χ0v) is 10.7. The van der Waals surface area contributed by atoms with Crippen LogP contribution in [0, 0.1) is 0 Å². The van der Waals surface area contributed by atoms with Gasteiger partial charge in [0.1, 0.15) is 11.5 Å². The van der Waals surface area contributed by atoms with Crippen LogP contribution in [-0.2, 0) is 4.79 Å². The monoisotopic (exact) mass is 272 g/mol. The van der Waals surface area contributed by atoms with E-state index in [1.54, 1.807) is 24.3 Å². The maximum atomic E-state index is 10.8. The molecular weight excluding hydrogens is 260 g/mol. The quantitative estimate of drug-likeness (QED) is 0.658. The van der Waals surface area contributed by atoms with Gasteiger partial charge in [-0.3, -0.25) is 4.79 Å². The van der Waals surface area contributed by atoms with Crippen LogP contribution in [0.4, 0.5) is 0 Å². The predicted octanol–water partition coefficient (Wildman–Crippen LogP) is 2.11. The minimum Gasteiger partial charge on any atom is -0.478 e. The van der Waals surface area contributed by atoms with Crippen molar-refractivity contribution in [1.82, 2.24) is 5.43 Å². The maximum absolute atomic E-state index is 10.8. The Labute approximate surface area is 114 Å². The summed E-state index contributed by atoms with van der Waals surface area (Å²) in [5.41, 5.74) is 3.24. The van der Waals surface area contributed by atoms with Gasteiger partial charge in [0.05, 0.1) is 11.8 Å². The number of nitrogens with one attached hydrogen (secondary N) is 1. The molecule has 6 nitrogen and oxygen atoms in total. The molecule has 0 unspecified atom stereocenters. The number of amides is 1. The van der Waals surface area contributed by atoms with E-state index in [9.17, 15) is 9.59 Å². The third-order valence-electron chi connectivity index (χ3n) is 2.46. The highest BCUT2D eigenvalue weighted by molar-refractivity contribution is 5.88. The Hall–Kier alpha value is -2.89. The molecule has 1 aromatic heterocycles. The summed E-state index contributed by atoms with van der Waals surface area (Å²) in [4.78, 5) is 21.4. The van der Waals surface area contributed by atoms with Gasteiger partial charge in [-0.1, -0.05) is 12.1 Å². The van der Waals surface area contributed by atoms with Gasteiger partial charge in [-0.25, -0.2) is 10.2 Å². The summed E-state index contributed by atoms with van der Waals surface area (Å²) in [5.74, 6) is -0.168. The summed E-state index contributed by atoms with van der Waals surface area (Å²) >= 11 is 0. The number of carboxylic acids is 1. The van der Waals surface area contributed by atoms with Crippen LogP contribution in [0.5, 0.6) is 0 Å². The Morgan fingerprint density at radius 2 is 1.90 bits per heavy atom. The van der Waals surface area contributed by atoms with E-state index < -0.39 is 5.97 Å². The molecule has 20 heavy (non-hydrogen) atoms. The molecule has 0 aliphatic rings. The van der Waals surface area contributed by atoms with Gasteiger partial charge in [0.2, 0.25) is 5.91 Å². The molecule has 0 fully saturated rings. The van der Waals surface area contributed by atoms with E-state index in [1.165, 1.54) is 25.3 Å². The SMILES string of the molecule is CC(=O)NN=Cc1ccc(-c2ccc(C(=O)O)cc2)o1. The smallest absolute Gasteiger partial charge is 0.335 e. The van der Waals surface area contributed by atoms with Crippen molar-refractivity contribution in [1.29, 1.82) is 0 Å². The summed E-state index contributed by atoms with van der Waals surface area (Å²) in [6.07, 6.45) is 1.39. The van der Waals surface area contributed by atoms with Crippen molar-refractivity contribution in [3.05, 3.63) is 47.7 Å². The molecular formula is C14H12N2O4. The molecule has 0 saturated heterocycles. The van der Waals surface area contributed by atoms with Gasteiger partial charge in [0, 0.05) is 12.5 Å². The molecule has 0 spiro atoms. The minimum atomic E-state index is -0.973. The van der Waals surface area contributed by atoms with E-state index in [0.29, 0.717) is 11.5 Å². The van der Waals surface area contributed by atoms with Crippen LogP contribution in [0.2, 0.25) is 0 Å². The number of carbonyl (C=O) groups is 2. The number of nitrogens with zero attached hydrogens (tertiary/aromatic N) is 1. The first-order chi connectivity index (χ1) is 9.56. The van der Waals surface area contributed by atoms with Crippen LogP contribution in [0.3, 0.4) is 0 Å². The average molecular weight is 272 g/mol. The van der Waals surface area contributed by atoms with E-state index in [0.717, 1.165) is 5.56 Å². The van der Waals surface area contributed by atoms with E-state index in [4.69, 9.17) is 9.52 Å². The van der Waals surface area contributed by atoms with Crippen molar-refractivity contribution in [2.24, 2.45) is 5.10 Å². The fourth-order valence-corrected chi connectivity index (χ4v) is 1.54. The van der Waals surface area contributed by atoms with Gasteiger partial charge in [-0.15, -0.1) is 0 Å². The lowest BCUT2D eigenvalue weighted by Crippen LogP contribution is -2.12. The van der Waals surface area contributed by atoms with Gasteiger partial charge in [-0.2, -0.15) is 5.10 Å². The Bertz CT molecular complexity index is 656. The van der Waals surface area contributed by atoms with Gasteiger partial charge < -0.3 is 9.52 Å². The molecule has 1 aromatic carbocycles. The molecule has 1 heterocycles. The van der Waals surface area contributed by atoms with Crippen molar-refractivity contribution < 1.29 is 19.1 Å². The number of rotatable bonds is 4. The first-order valence-corrected chi connectivity index (χ1v) is 5.79. The molecule has 0 atom stereocenters. The van der Waals surface area contributed by atoms with Gasteiger partial charge >= 0.3 is 5.97 Å². The molecule has 1 amide bonds. The molecule has 2 rings (SSSR count). The zero-order chi connectivity index (χ0) is 14.5. The van der Waals surface area contributed by atoms with Crippen LogP contribution in [0.25, 0.3) is 11.3 Å². The van der Waals surface area contributed by atoms with Gasteiger partial charge in [-0.05, 0) is 24.3 Å². The van der Waals surface area contributed by atoms with E-state index in [1.807, 2.05) is 0 Å². The topological polar surface area (TPSA) is 91.9 Å². The van der Waals surface area contributed by atoms with Crippen LogP contribution in [-0.4, -0.2) is 23.2 Å². The lowest BCUT2D eigenvalue weighted by Gasteiger charge is -1.98. The standard InChI is InChI=1S/C14H12N2O4/c1-9(17)16-15-8-12-6-7-13(20-12)10-2-4-11(5-3-10)14(18)19/h2-8H,1H3,(H,16,17)(H,18,19). The van der Waals surface area contributed by atoms with Crippen molar-refractivity contribution in [3.63, 3.8) is 0 Å². The van der Waals surface area contributed by atoms with Crippen LogP contribution in [0.1, 0.15) is 23.0 Å². The van der Waals surface area contributed by atoms with Crippen LogP contribution < -0.4 is 5.43 Å². The maximum Gasteiger partial charge on any atom is 0.335 e. The second-order valence-electron chi connectivity index (χ2n) is 4.01. The van der Waals surface area contributed by atoms with Gasteiger partial charge in [0.25, 0.3) is 0 Å². The lowest BCUT2D eigenvalue weighted by atomic mass is 10.1. The Morgan fingerprint density at radius 3 is 2.50 bits per heavy atom. The number of furan rings is 1. The summed E-state index contributed by atoms with van der Waals surface area (Å²) in [7, 11) is 0. The Balaban J connectivity index is 2.14. The molecule has 0 bridgehead atoms. The van der Waals surface area contributed by atoms with E-state index >= 15 is 0 Å². The Morgan fingerprint density at radius 1 is 1.20 bits per heavy atom. The number of carbonyl (C=O) groups excluding carboxylic acids is 1. The number of hydrazone groups is 1. The van der Waals surface area contributed by atoms with Crippen LogP contribution >= 0.6 is 0 Å². The van der Waals surface area contributed by atoms with Gasteiger partial charge in [0.15, 0.2) is 0 Å². The van der Waals surface area contributed by atoms with Crippen LogP contribution in [0.15, 0.2) is 45.9 Å². The summed E-state index contributed by atoms with van der Waals surface area (Å²) in [6, 6.07) is 9.78. The Kier molecular flexibility index (Phi) is 3.95. The molecule has 6 heteroatoms. The zero-order valence-electron chi connectivity index (χ0n) is 10.7. The first-order valence-electron chi connectivity index (χ1n) is 5.79. The molecule has 2 N–H and O–H groups in total. The fourth-order valence-electron chi connectivity index (χ4n) is 1.54. The highest BCUT2D eigenvalue weighted by Gasteiger charge is 2.06. The highest BCUT2D eigenvalue weighted by atomic mass is 16.4. The summed E-state index contributed by atoms with van der Waals surface area (Å²) < 4.78 is 5.50. The minimum absolute atomic E-state index is 0.216. The molecule has 0 aliphatic heterocycles. The summed E-state index contributed by atoms with van der Waals surface area (Å²) in [6.45, 7) is 1.36. The average Bonchev–Trinajstić information content (AvgIpc) is 2.87. The van der Waals surface area contributed by atoms with Crippen molar-refractivity contribution in [2.45, 2.75) is 6.92 Å². The molecule has 2 aromatic rings. The second-order valence-corrected chi connectivity index (χ2v) is 4.01. The van der Waals surface area contributed by atoms with E-state index in [-0.39, 0.29) is 11.5 Å².